The van der Waals surface area contributed by atoms with Crippen LogP contribution in [0.5, 0.6) is 11.5 Å². The Bertz CT molecular complexity index is 1100. The summed E-state index contributed by atoms with van der Waals surface area (Å²) in [5, 5.41) is 13.5. The summed E-state index contributed by atoms with van der Waals surface area (Å²) in [6.45, 7) is 2.44. The summed E-state index contributed by atoms with van der Waals surface area (Å²) in [6.07, 6.45) is 0. The normalized spacial score (nSPS) is 10.6. The summed E-state index contributed by atoms with van der Waals surface area (Å²) < 4.78 is 12.5. The Hall–Kier alpha value is -2.41. The molecule has 0 aliphatic carbocycles. The summed E-state index contributed by atoms with van der Waals surface area (Å²) >= 11 is 16.1. The van der Waals surface area contributed by atoms with Gasteiger partial charge in [-0.1, -0.05) is 45.2 Å². The molecule has 0 amide bonds. The predicted molar refractivity (Wildman–Crippen MR) is 127 cm³/mol. The molecule has 0 radical (unpaired) electrons. The number of ether oxygens (including phenoxy) is 2. The van der Waals surface area contributed by atoms with Crippen molar-refractivity contribution in [2.75, 3.05) is 12.4 Å². The fourth-order valence-electron chi connectivity index (χ4n) is 3.06. The Morgan fingerprint density at radius 3 is 2.42 bits per heavy atom. The van der Waals surface area contributed by atoms with Gasteiger partial charge < -0.3 is 19.9 Å². The van der Waals surface area contributed by atoms with Gasteiger partial charge in [0.25, 0.3) is 0 Å². The van der Waals surface area contributed by atoms with E-state index < -0.39 is 5.97 Å². The lowest BCUT2D eigenvalue weighted by molar-refractivity contribution is 0.0697. The second-order valence-corrected chi connectivity index (χ2v) is 8.40. The first kappa shape index (κ1) is 23.3. The Labute approximate surface area is 199 Å². The molecule has 3 rings (SSSR count). The van der Waals surface area contributed by atoms with Crippen LogP contribution < -0.4 is 14.8 Å². The van der Waals surface area contributed by atoms with Crippen molar-refractivity contribution in [1.82, 2.24) is 0 Å². The summed E-state index contributed by atoms with van der Waals surface area (Å²) in [4.78, 5) is 11.2. The minimum absolute atomic E-state index is 0.171. The highest BCUT2D eigenvalue weighted by Crippen LogP contribution is 2.38. The zero-order chi connectivity index (χ0) is 22.5. The number of methoxy groups -OCH3 is 1. The van der Waals surface area contributed by atoms with Crippen LogP contribution in [0.1, 0.15) is 27.0 Å². The number of rotatable bonds is 8. The highest BCUT2D eigenvalue weighted by Gasteiger charge is 2.17. The first-order valence-corrected chi connectivity index (χ1v) is 10.9. The van der Waals surface area contributed by atoms with Gasteiger partial charge in [-0.2, -0.15) is 0 Å². The monoisotopic (exact) mass is 523 g/mol. The Kier molecular flexibility index (Phi) is 7.70. The molecular formula is C23H20BrCl2NO4. The van der Waals surface area contributed by atoms with Crippen molar-refractivity contribution < 1.29 is 19.4 Å². The maximum atomic E-state index is 11.2. The van der Waals surface area contributed by atoms with Crippen LogP contribution in [-0.4, -0.2) is 18.2 Å². The van der Waals surface area contributed by atoms with E-state index in [9.17, 15) is 4.79 Å². The summed E-state index contributed by atoms with van der Waals surface area (Å²) in [7, 11) is 1.57. The molecule has 0 saturated heterocycles. The van der Waals surface area contributed by atoms with Crippen molar-refractivity contribution in [2.45, 2.75) is 20.1 Å². The average molecular weight is 525 g/mol. The first-order chi connectivity index (χ1) is 14.8. The summed E-state index contributed by atoms with van der Waals surface area (Å²) in [5.41, 5.74) is 3.41. The Balaban J connectivity index is 1.87. The van der Waals surface area contributed by atoms with Gasteiger partial charge in [0.05, 0.1) is 12.7 Å². The van der Waals surface area contributed by atoms with Gasteiger partial charge in [0.2, 0.25) is 0 Å². The number of nitrogens with one attached hydrogen (secondary N) is 1. The molecule has 0 saturated carbocycles. The molecule has 0 spiro atoms. The van der Waals surface area contributed by atoms with Crippen LogP contribution in [0.2, 0.25) is 10.0 Å². The van der Waals surface area contributed by atoms with E-state index in [0.29, 0.717) is 33.7 Å². The van der Waals surface area contributed by atoms with Gasteiger partial charge in [0.1, 0.15) is 6.61 Å². The fourth-order valence-corrected chi connectivity index (χ4v) is 4.02. The molecule has 8 heteroatoms. The topological polar surface area (TPSA) is 67.8 Å². The van der Waals surface area contributed by atoms with E-state index in [1.807, 2.05) is 19.1 Å². The SMILES string of the molecule is COc1ccc(Br)c(CNc2ccc(C(=O)O)cc2C)c1OCc1c(Cl)cccc1Cl. The molecule has 0 unspecified atom stereocenters. The third-order valence-electron chi connectivity index (χ3n) is 4.74. The molecule has 31 heavy (non-hydrogen) atoms. The highest BCUT2D eigenvalue weighted by molar-refractivity contribution is 9.10. The van der Waals surface area contributed by atoms with Crippen molar-refractivity contribution in [3.63, 3.8) is 0 Å². The lowest BCUT2D eigenvalue weighted by atomic mass is 10.1. The lowest BCUT2D eigenvalue weighted by Gasteiger charge is -2.19. The van der Waals surface area contributed by atoms with E-state index >= 15 is 0 Å². The zero-order valence-corrected chi connectivity index (χ0v) is 19.9. The van der Waals surface area contributed by atoms with Gasteiger partial charge in [0.15, 0.2) is 11.5 Å². The smallest absolute Gasteiger partial charge is 0.335 e. The second-order valence-electron chi connectivity index (χ2n) is 6.73. The first-order valence-electron chi connectivity index (χ1n) is 9.30. The number of anilines is 1. The number of hydrogen-bond donors (Lipinski definition) is 2. The van der Waals surface area contributed by atoms with Crippen LogP contribution in [0.25, 0.3) is 0 Å². The molecule has 0 aliphatic heterocycles. The van der Waals surface area contributed by atoms with Gasteiger partial charge in [-0.15, -0.1) is 0 Å². The minimum atomic E-state index is -0.959. The minimum Gasteiger partial charge on any atom is -0.493 e. The maximum absolute atomic E-state index is 11.2. The van der Waals surface area contributed by atoms with E-state index in [1.54, 1.807) is 43.5 Å². The molecule has 0 fully saturated rings. The number of aryl methyl sites for hydroxylation is 1. The van der Waals surface area contributed by atoms with Crippen molar-refractivity contribution in [2.24, 2.45) is 0 Å². The molecule has 2 N–H and O–H groups in total. The number of carboxylic acid groups (broad SMARTS) is 1. The van der Waals surface area contributed by atoms with Crippen LogP contribution in [0.15, 0.2) is 53.0 Å². The summed E-state index contributed by atoms with van der Waals surface area (Å²) in [5.74, 6) is 0.167. The van der Waals surface area contributed by atoms with Gasteiger partial charge in [-0.3, -0.25) is 0 Å². The van der Waals surface area contributed by atoms with E-state index in [-0.39, 0.29) is 12.2 Å². The van der Waals surface area contributed by atoms with Crippen molar-refractivity contribution in [3.8, 4) is 11.5 Å². The van der Waals surface area contributed by atoms with Crippen molar-refractivity contribution >= 4 is 50.8 Å². The second kappa shape index (κ2) is 10.3. The number of halogens is 3. The standard InChI is InChI=1S/C23H20BrCl2NO4/c1-13-10-14(23(28)29)6-8-20(13)27-11-15-17(24)7-9-21(30-2)22(15)31-12-16-18(25)4-3-5-19(16)26/h3-10,27H,11-12H2,1-2H3,(H,28,29). The van der Waals surface area contributed by atoms with E-state index in [2.05, 4.69) is 21.2 Å². The number of hydrogen-bond acceptors (Lipinski definition) is 4. The molecular weight excluding hydrogens is 505 g/mol. The van der Waals surface area contributed by atoms with Crippen LogP contribution >= 0.6 is 39.1 Å². The van der Waals surface area contributed by atoms with Crippen molar-refractivity contribution in [3.05, 3.63) is 85.3 Å². The lowest BCUT2D eigenvalue weighted by Crippen LogP contribution is -2.08. The van der Waals surface area contributed by atoms with Crippen LogP contribution in [0, 0.1) is 6.92 Å². The van der Waals surface area contributed by atoms with E-state index in [0.717, 1.165) is 21.3 Å². The molecule has 0 atom stereocenters. The molecule has 3 aromatic rings. The maximum Gasteiger partial charge on any atom is 0.335 e. The third kappa shape index (κ3) is 5.45. The number of carbonyl (C=O) groups is 1. The largest absolute Gasteiger partial charge is 0.493 e. The molecule has 0 aromatic heterocycles. The molecule has 162 valence electrons. The molecule has 5 nitrogen and oxygen atoms in total. The van der Waals surface area contributed by atoms with E-state index in [4.69, 9.17) is 37.8 Å². The average Bonchev–Trinajstić information content (AvgIpc) is 2.73. The number of aromatic carboxylic acids is 1. The third-order valence-corrected chi connectivity index (χ3v) is 6.19. The quantitative estimate of drug-likeness (QED) is 0.333. The van der Waals surface area contributed by atoms with Gasteiger partial charge in [-0.25, -0.2) is 4.79 Å². The van der Waals surface area contributed by atoms with E-state index in [1.165, 1.54) is 0 Å². The summed E-state index contributed by atoms with van der Waals surface area (Å²) in [6, 6.07) is 13.9. The van der Waals surface area contributed by atoms with Crippen LogP contribution in [0.3, 0.4) is 0 Å². The van der Waals surface area contributed by atoms with Gasteiger partial charge in [0, 0.05) is 37.9 Å². The number of carboxylic acids is 1. The van der Waals surface area contributed by atoms with Crippen LogP contribution in [0.4, 0.5) is 5.69 Å². The molecule has 3 aromatic carbocycles. The molecule has 0 heterocycles. The highest BCUT2D eigenvalue weighted by atomic mass is 79.9. The van der Waals surface area contributed by atoms with Crippen LogP contribution in [-0.2, 0) is 13.2 Å². The predicted octanol–water partition coefficient (Wildman–Crippen LogP) is 6.96. The Morgan fingerprint density at radius 1 is 1.10 bits per heavy atom. The molecule has 0 bridgehead atoms. The van der Waals surface area contributed by atoms with Crippen molar-refractivity contribution in [1.29, 1.82) is 0 Å². The Morgan fingerprint density at radius 2 is 1.81 bits per heavy atom. The zero-order valence-electron chi connectivity index (χ0n) is 16.8. The number of benzene rings is 3. The molecule has 0 aliphatic rings. The van der Waals surface area contributed by atoms with Gasteiger partial charge in [-0.05, 0) is 55.0 Å². The fraction of sp³-hybridized carbons (Fsp3) is 0.174. The van der Waals surface area contributed by atoms with Gasteiger partial charge >= 0.3 is 5.97 Å².